The molecule has 0 saturated carbocycles. The minimum absolute atomic E-state index is 0.263. The molecule has 94 valence electrons. The van der Waals surface area contributed by atoms with E-state index in [1.54, 1.807) is 7.11 Å². The van der Waals surface area contributed by atoms with Gasteiger partial charge in [0.05, 0.1) is 13.2 Å². The van der Waals surface area contributed by atoms with Gasteiger partial charge in [-0.15, -0.1) is 0 Å². The van der Waals surface area contributed by atoms with Crippen molar-refractivity contribution < 1.29 is 4.74 Å². The molecule has 18 heavy (non-hydrogen) atoms. The largest absolute Gasteiger partial charge is 0.496 e. The van der Waals surface area contributed by atoms with Crippen molar-refractivity contribution in [2.24, 2.45) is 5.73 Å². The van der Waals surface area contributed by atoms with Gasteiger partial charge in [0, 0.05) is 15.7 Å². The first-order chi connectivity index (χ1) is 8.61. The van der Waals surface area contributed by atoms with Crippen molar-refractivity contribution in [1.29, 1.82) is 0 Å². The van der Waals surface area contributed by atoms with E-state index in [2.05, 4.69) is 15.9 Å². The molecule has 0 aliphatic carbocycles. The molecule has 0 amide bonds. The van der Waals surface area contributed by atoms with Gasteiger partial charge in [0.15, 0.2) is 0 Å². The van der Waals surface area contributed by atoms with Crippen molar-refractivity contribution in [3.63, 3.8) is 0 Å². The zero-order valence-corrected chi connectivity index (χ0v) is 11.6. The molecule has 4 N–H and O–H groups in total. The van der Waals surface area contributed by atoms with Crippen LogP contribution in [0.15, 0.2) is 46.9 Å². The number of benzene rings is 2. The summed E-state index contributed by atoms with van der Waals surface area (Å²) in [4.78, 5) is 0. The quantitative estimate of drug-likeness (QED) is 0.857. The van der Waals surface area contributed by atoms with Gasteiger partial charge < -0.3 is 16.2 Å². The van der Waals surface area contributed by atoms with Crippen LogP contribution in [0.1, 0.15) is 17.2 Å². The van der Waals surface area contributed by atoms with E-state index in [9.17, 15) is 0 Å². The first-order valence-corrected chi connectivity index (χ1v) is 6.35. The molecule has 0 saturated heterocycles. The number of hydrogen-bond donors (Lipinski definition) is 2. The van der Waals surface area contributed by atoms with E-state index in [0.717, 1.165) is 21.3 Å². The first kappa shape index (κ1) is 12.9. The van der Waals surface area contributed by atoms with Crippen LogP contribution in [0.3, 0.4) is 0 Å². The fourth-order valence-corrected chi connectivity index (χ4v) is 2.26. The average Bonchev–Trinajstić information content (AvgIpc) is 2.38. The minimum atomic E-state index is -0.263. The first-order valence-electron chi connectivity index (χ1n) is 5.56. The lowest BCUT2D eigenvalue weighted by atomic mass is 9.98. The number of nitrogen functional groups attached to an aromatic ring is 1. The van der Waals surface area contributed by atoms with Gasteiger partial charge in [-0.05, 0) is 35.9 Å². The Morgan fingerprint density at radius 3 is 2.61 bits per heavy atom. The molecule has 2 aromatic carbocycles. The lowest BCUT2D eigenvalue weighted by molar-refractivity contribution is 0.407. The van der Waals surface area contributed by atoms with E-state index in [-0.39, 0.29) is 6.04 Å². The molecule has 2 aromatic rings. The number of nitrogens with two attached hydrogens (primary N) is 2. The average molecular weight is 307 g/mol. The van der Waals surface area contributed by atoms with Gasteiger partial charge in [-0.25, -0.2) is 0 Å². The summed E-state index contributed by atoms with van der Waals surface area (Å²) in [7, 11) is 1.64. The van der Waals surface area contributed by atoms with Crippen molar-refractivity contribution in [2.75, 3.05) is 12.8 Å². The monoisotopic (exact) mass is 306 g/mol. The number of methoxy groups -OCH3 is 1. The van der Waals surface area contributed by atoms with Crippen LogP contribution in [0.2, 0.25) is 0 Å². The Labute approximate surface area is 115 Å². The molecule has 0 heterocycles. The molecule has 0 aliphatic rings. The summed E-state index contributed by atoms with van der Waals surface area (Å²) in [6, 6.07) is 13.1. The molecule has 3 nitrogen and oxygen atoms in total. The number of hydrogen-bond acceptors (Lipinski definition) is 3. The number of anilines is 1. The van der Waals surface area contributed by atoms with E-state index < -0.39 is 0 Å². The molecule has 0 spiro atoms. The molecule has 0 fully saturated rings. The van der Waals surface area contributed by atoms with Crippen LogP contribution >= 0.6 is 15.9 Å². The molecule has 0 aliphatic heterocycles. The van der Waals surface area contributed by atoms with Gasteiger partial charge >= 0.3 is 0 Å². The Bertz CT molecular complexity index is 557. The Morgan fingerprint density at radius 1 is 1.17 bits per heavy atom. The zero-order chi connectivity index (χ0) is 13.1. The molecule has 0 bridgehead atoms. The normalized spacial score (nSPS) is 12.2. The van der Waals surface area contributed by atoms with Gasteiger partial charge in [-0.1, -0.05) is 28.1 Å². The van der Waals surface area contributed by atoms with E-state index in [1.165, 1.54) is 0 Å². The highest BCUT2D eigenvalue weighted by Crippen LogP contribution is 2.31. The summed E-state index contributed by atoms with van der Waals surface area (Å²) >= 11 is 3.45. The molecule has 0 aromatic heterocycles. The smallest absolute Gasteiger partial charge is 0.124 e. The van der Waals surface area contributed by atoms with Crippen LogP contribution in [0.5, 0.6) is 5.75 Å². The SMILES string of the molecule is COc1ccc(Br)cc1C(N)c1cccc(N)c1. The zero-order valence-electron chi connectivity index (χ0n) is 10.1. The highest BCUT2D eigenvalue weighted by Gasteiger charge is 2.14. The van der Waals surface area contributed by atoms with Gasteiger partial charge in [0.2, 0.25) is 0 Å². The highest BCUT2D eigenvalue weighted by atomic mass is 79.9. The second-order valence-electron chi connectivity index (χ2n) is 4.03. The minimum Gasteiger partial charge on any atom is -0.496 e. The summed E-state index contributed by atoms with van der Waals surface area (Å²) < 4.78 is 6.31. The number of ether oxygens (including phenoxy) is 1. The van der Waals surface area contributed by atoms with Crippen LogP contribution in [0.4, 0.5) is 5.69 Å². The molecular weight excluding hydrogens is 292 g/mol. The van der Waals surface area contributed by atoms with E-state index >= 15 is 0 Å². The lowest BCUT2D eigenvalue weighted by Crippen LogP contribution is -2.13. The van der Waals surface area contributed by atoms with Gasteiger partial charge in [-0.3, -0.25) is 0 Å². The van der Waals surface area contributed by atoms with Crippen LogP contribution in [0.25, 0.3) is 0 Å². The van der Waals surface area contributed by atoms with Gasteiger partial charge in [0.25, 0.3) is 0 Å². The topological polar surface area (TPSA) is 61.3 Å². The van der Waals surface area contributed by atoms with Crippen molar-refractivity contribution in [3.05, 3.63) is 58.1 Å². The Kier molecular flexibility index (Phi) is 3.89. The predicted octanol–water partition coefficient (Wildman–Crippen LogP) is 3.09. The van der Waals surface area contributed by atoms with Crippen LogP contribution in [-0.2, 0) is 0 Å². The maximum Gasteiger partial charge on any atom is 0.124 e. The second kappa shape index (κ2) is 5.42. The third-order valence-corrected chi connectivity index (χ3v) is 3.29. The summed E-state index contributed by atoms with van der Waals surface area (Å²) in [5.41, 5.74) is 14.7. The van der Waals surface area contributed by atoms with Crippen molar-refractivity contribution in [3.8, 4) is 5.75 Å². The second-order valence-corrected chi connectivity index (χ2v) is 4.95. The van der Waals surface area contributed by atoms with Gasteiger partial charge in [0.1, 0.15) is 5.75 Å². The highest BCUT2D eigenvalue weighted by molar-refractivity contribution is 9.10. The van der Waals surface area contributed by atoms with Crippen LogP contribution < -0.4 is 16.2 Å². The summed E-state index contributed by atoms with van der Waals surface area (Å²) in [6.45, 7) is 0. The molecule has 1 unspecified atom stereocenters. The summed E-state index contributed by atoms with van der Waals surface area (Å²) in [6.07, 6.45) is 0. The third-order valence-electron chi connectivity index (χ3n) is 2.80. The fourth-order valence-electron chi connectivity index (χ4n) is 1.88. The maximum atomic E-state index is 6.27. The number of halogens is 1. The number of rotatable bonds is 3. The van der Waals surface area contributed by atoms with Crippen LogP contribution in [0, 0.1) is 0 Å². The van der Waals surface area contributed by atoms with Crippen LogP contribution in [-0.4, -0.2) is 7.11 Å². The maximum absolute atomic E-state index is 6.27. The standard InChI is InChI=1S/C14H15BrN2O/c1-18-13-6-5-10(15)8-12(13)14(17)9-3-2-4-11(16)7-9/h2-8,14H,16-17H2,1H3. The van der Waals surface area contributed by atoms with Crippen molar-refractivity contribution in [1.82, 2.24) is 0 Å². The molecular formula is C14H15BrN2O. The summed E-state index contributed by atoms with van der Waals surface area (Å²) in [5.74, 6) is 0.771. The molecule has 2 rings (SSSR count). The Balaban J connectivity index is 2.44. The predicted molar refractivity (Wildman–Crippen MR) is 77.6 cm³/mol. The van der Waals surface area contributed by atoms with E-state index in [0.29, 0.717) is 5.69 Å². The molecule has 4 heteroatoms. The van der Waals surface area contributed by atoms with Crippen molar-refractivity contribution in [2.45, 2.75) is 6.04 Å². The third kappa shape index (κ3) is 2.66. The van der Waals surface area contributed by atoms with Gasteiger partial charge in [-0.2, -0.15) is 0 Å². The summed E-state index contributed by atoms with van der Waals surface area (Å²) in [5, 5.41) is 0. The molecule has 1 atom stereocenters. The van der Waals surface area contributed by atoms with Crippen molar-refractivity contribution >= 4 is 21.6 Å². The molecule has 0 radical (unpaired) electrons. The lowest BCUT2D eigenvalue weighted by Gasteiger charge is -2.17. The Morgan fingerprint density at radius 2 is 1.94 bits per heavy atom. The fraction of sp³-hybridized carbons (Fsp3) is 0.143. The van der Waals surface area contributed by atoms with E-state index in [4.69, 9.17) is 16.2 Å². The Hall–Kier alpha value is -1.52. The van der Waals surface area contributed by atoms with E-state index in [1.807, 2.05) is 42.5 Å².